The molecular weight excluding hydrogens is 236 g/mol. The lowest BCUT2D eigenvalue weighted by atomic mass is 10.1. The van der Waals surface area contributed by atoms with Crippen molar-refractivity contribution in [1.29, 1.82) is 0 Å². The molecule has 0 spiro atoms. The third-order valence-electron chi connectivity index (χ3n) is 2.62. The van der Waals surface area contributed by atoms with Gasteiger partial charge in [-0.2, -0.15) is 0 Å². The molecule has 4 heteroatoms. The van der Waals surface area contributed by atoms with Gasteiger partial charge < -0.3 is 10.1 Å². The van der Waals surface area contributed by atoms with Crippen LogP contribution < -0.4 is 5.32 Å². The van der Waals surface area contributed by atoms with Gasteiger partial charge in [0.1, 0.15) is 5.82 Å². The molecule has 1 aromatic heterocycles. The number of aromatic nitrogens is 1. The molecular formula is C13H21ClN2O. The number of halogens is 1. The summed E-state index contributed by atoms with van der Waals surface area (Å²) >= 11 is 5.91. The largest absolute Gasteiger partial charge is 0.381 e. The molecule has 1 aliphatic rings. The molecule has 1 saturated heterocycles. The van der Waals surface area contributed by atoms with Gasteiger partial charge >= 0.3 is 0 Å². The number of pyridine rings is 1. The third-order valence-corrected chi connectivity index (χ3v) is 3.02. The molecule has 0 saturated carbocycles. The minimum Gasteiger partial charge on any atom is -0.381 e. The summed E-state index contributed by atoms with van der Waals surface area (Å²) in [6.07, 6.45) is 3.78. The maximum atomic E-state index is 5.91. The van der Waals surface area contributed by atoms with Crippen molar-refractivity contribution in [2.45, 2.75) is 39.7 Å². The van der Waals surface area contributed by atoms with Gasteiger partial charge in [-0.05, 0) is 31.4 Å². The maximum absolute atomic E-state index is 5.91. The molecule has 1 aromatic rings. The predicted molar refractivity (Wildman–Crippen MR) is 72.8 cm³/mol. The minimum absolute atomic E-state index is 0.479. The van der Waals surface area contributed by atoms with Crippen LogP contribution in [0.15, 0.2) is 12.3 Å². The molecule has 3 nitrogen and oxygen atoms in total. The fraction of sp³-hybridized carbons (Fsp3) is 0.615. The van der Waals surface area contributed by atoms with E-state index in [1.165, 1.54) is 0 Å². The summed E-state index contributed by atoms with van der Waals surface area (Å²) in [4.78, 5) is 4.25. The van der Waals surface area contributed by atoms with Gasteiger partial charge in [0.05, 0.1) is 5.02 Å². The number of nitrogens with zero attached hydrogens (tertiary/aromatic N) is 1. The Hall–Kier alpha value is -0.800. The second kappa shape index (κ2) is 7.51. The Morgan fingerprint density at radius 2 is 2.00 bits per heavy atom. The highest BCUT2D eigenvalue weighted by Gasteiger charge is 2.13. The van der Waals surface area contributed by atoms with Crippen LogP contribution in [0.2, 0.25) is 5.02 Å². The van der Waals surface area contributed by atoms with Crippen LogP contribution in [0.5, 0.6) is 0 Å². The first-order chi connectivity index (χ1) is 8.25. The molecule has 0 bridgehead atoms. The van der Waals surface area contributed by atoms with Gasteiger partial charge in [-0.15, -0.1) is 0 Å². The van der Waals surface area contributed by atoms with Crippen LogP contribution in [0.1, 0.15) is 32.3 Å². The lowest BCUT2D eigenvalue weighted by molar-refractivity contribution is 0.0904. The molecule has 0 aliphatic carbocycles. The average molecular weight is 257 g/mol. The van der Waals surface area contributed by atoms with Gasteiger partial charge in [-0.1, -0.05) is 25.4 Å². The molecule has 0 unspecified atom stereocenters. The fourth-order valence-corrected chi connectivity index (χ4v) is 1.77. The fourth-order valence-electron chi connectivity index (χ4n) is 1.67. The zero-order valence-corrected chi connectivity index (χ0v) is 11.5. The van der Waals surface area contributed by atoms with Crippen LogP contribution in [-0.4, -0.2) is 24.2 Å². The van der Waals surface area contributed by atoms with Crippen molar-refractivity contribution in [2.75, 3.05) is 18.5 Å². The molecule has 1 fully saturated rings. The molecule has 0 amide bonds. The predicted octanol–water partition coefficient (Wildman–Crippen LogP) is 3.66. The van der Waals surface area contributed by atoms with Crippen molar-refractivity contribution in [1.82, 2.24) is 4.98 Å². The van der Waals surface area contributed by atoms with E-state index in [-0.39, 0.29) is 0 Å². The zero-order chi connectivity index (χ0) is 12.7. The Balaban J connectivity index is 0.000000686. The van der Waals surface area contributed by atoms with E-state index in [1.54, 1.807) is 6.20 Å². The summed E-state index contributed by atoms with van der Waals surface area (Å²) in [6.45, 7) is 7.66. The highest BCUT2D eigenvalue weighted by atomic mass is 35.5. The van der Waals surface area contributed by atoms with Crippen molar-refractivity contribution in [2.24, 2.45) is 0 Å². The van der Waals surface area contributed by atoms with Crippen molar-refractivity contribution in [3.8, 4) is 0 Å². The molecule has 1 aliphatic heterocycles. The number of hydrogen-bond acceptors (Lipinski definition) is 3. The van der Waals surface area contributed by atoms with E-state index in [0.717, 1.165) is 37.4 Å². The molecule has 0 aromatic carbocycles. The molecule has 17 heavy (non-hydrogen) atoms. The second-order valence-electron chi connectivity index (χ2n) is 3.85. The normalized spacial score (nSPS) is 16.0. The summed E-state index contributed by atoms with van der Waals surface area (Å²) < 4.78 is 5.30. The summed E-state index contributed by atoms with van der Waals surface area (Å²) in [5.41, 5.74) is 1.06. The first-order valence-electron chi connectivity index (χ1n) is 6.22. The van der Waals surface area contributed by atoms with Gasteiger partial charge in [0.25, 0.3) is 0 Å². The van der Waals surface area contributed by atoms with E-state index in [0.29, 0.717) is 11.1 Å². The van der Waals surface area contributed by atoms with E-state index in [1.807, 2.05) is 26.8 Å². The number of aryl methyl sites for hydroxylation is 1. The second-order valence-corrected chi connectivity index (χ2v) is 4.26. The standard InChI is InChI=1S/C11H15ClN2O.C2H6/c1-8-6-11(13-7-10(8)12)14-9-2-4-15-5-3-9;1-2/h6-7,9H,2-5H2,1H3,(H,13,14);1-2H3. The topological polar surface area (TPSA) is 34.1 Å². The van der Waals surface area contributed by atoms with Crippen molar-refractivity contribution in [3.05, 3.63) is 22.8 Å². The summed E-state index contributed by atoms with van der Waals surface area (Å²) in [6, 6.07) is 2.46. The lowest BCUT2D eigenvalue weighted by Gasteiger charge is -2.23. The van der Waals surface area contributed by atoms with Crippen LogP contribution in [0, 0.1) is 6.92 Å². The van der Waals surface area contributed by atoms with Crippen LogP contribution in [0.25, 0.3) is 0 Å². The van der Waals surface area contributed by atoms with E-state index in [4.69, 9.17) is 16.3 Å². The smallest absolute Gasteiger partial charge is 0.126 e. The summed E-state index contributed by atoms with van der Waals surface area (Å²) in [5.74, 6) is 0.906. The number of hydrogen-bond donors (Lipinski definition) is 1. The van der Waals surface area contributed by atoms with Crippen LogP contribution in [-0.2, 0) is 4.74 Å². The highest BCUT2D eigenvalue weighted by Crippen LogP contribution is 2.18. The third kappa shape index (κ3) is 4.52. The van der Waals surface area contributed by atoms with Crippen molar-refractivity contribution in [3.63, 3.8) is 0 Å². The minimum atomic E-state index is 0.479. The summed E-state index contributed by atoms with van der Waals surface area (Å²) in [5, 5.41) is 4.11. The lowest BCUT2D eigenvalue weighted by Crippen LogP contribution is -2.28. The Morgan fingerprint density at radius 1 is 1.35 bits per heavy atom. The van der Waals surface area contributed by atoms with E-state index in [9.17, 15) is 0 Å². The van der Waals surface area contributed by atoms with Crippen molar-refractivity contribution < 1.29 is 4.74 Å². The van der Waals surface area contributed by atoms with Gasteiger partial charge in [0, 0.05) is 25.5 Å². The zero-order valence-electron chi connectivity index (χ0n) is 10.8. The Bertz CT molecular complexity index is 338. The van der Waals surface area contributed by atoms with Gasteiger partial charge in [0.2, 0.25) is 0 Å². The van der Waals surface area contributed by atoms with Gasteiger partial charge in [-0.3, -0.25) is 0 Å². The van der Waals surface area contributed by atoms with Gasteiger partial charge in [-0.25, -0.2) is 4.98 Å². The van der Waals surface area contributed by atoms with E-state index < -0.39 is 0 Å². The highest BCUT2D eigenvalue weighted by molar-refractivity contribution is 6.31. The van der Waals surface area contributed by atoms with E-state index in [2.05, 4.69) is 10.3 Å². The molecule has 0 radical (unpaired) electrons. The van der Waals surface area contributed by atoms with Crippen LogP contribution >= 0.6 is 11.6 Å². The van der Waals surface area contributed by atoms with Gasteiger partial charge in [0.15, 0.2) is 0 Å². The molecule has 2 rings (SSSR count). The summed E-state index contributed by atoms with van der Waals surface area (Å²) in [7, 11) is 0. The molecule has 2 heterocycles. The first kappa shape index (κ1) is 14.3. The number of rotatable bonds is 2. The molecule has 0 atom stereocenters. The molecule has 96 valence electrons. The molecule has 1 N–H and O–H groups in total. The van der Waals surface area contributed by atoms with Crippen LogP contribution in [0.3, 0.4) is 0 Å². The SMILES string of the molecule is CC.Cc1cc(NC2CCOCC2)ncc1Cl. The average Bonchev–Trinajstić information content (AvgIpc) is 2.38. The van der Waals surface area contributed by atoms with E-state index >= 15 is 0 Å². The Kier molecular flexibility index (Phi) is 6.30. The Labute approximate surface area is 109 Å². The maximum Gasteiger partial charge on any atom is 0.126 e. The van der Waals surface area contributed by atoms with Crippen molar-refractivity contribution >= 4 is 17.4 Å². The first-order valence-corrected chi connectivity index (χ1v) is 6.60. The van der Waals surface area contributed by atoms with Crippen LogP contribution in [0.4, 0.5) is 5.82 Å². The number of anilines is 1. The number of ether oxygens (including phenoxy) is 1. The quantitative estimate of drug-likeness (QED) is 0.877. The monoisotopic (exact) mass is 256 g/mol. The Morgan fingerprint density at radius 3 is 2.59 bits per heavy atom. The number of nitrogens with one attached hydrogen (secondary N) is 1.